The van der Waals surface area contributed by atoms with Crippen molar-refractivity contribution in [2.75, 3.05) is 27.3 Å². The second-order valence-corrected chi connectivity index (χ2v) is 14.2. The number of hydrogen-bond acceptors (Lipinski definition) is 8. The van der Waals surface area contributed by atoms with Crippen LogP contribution < -0.4 is 10.6 Å². The van der Waals surface area contributed by atoms with Gasteiger partial charge in [0.25, 0.3) is 0 Å². The Bertz CT molecular complexity index is 1880. The van der Waals surface area contributed by atoms with Crippen molar-refractivity contribution in [2.24, 2.45) is 11.8 Å². The molecule has 3 heterocycles. The first-order chi connectivity index (χ1) is 25.9. The summed E-state index contributed by atoms with van der Waals surface area (Å²) in [6, 6.07) is 14.8. The number of H-pyrrole nitrogens is 2. The third-order valence-corrected chi connectivity index (χ3v) is 9.73. The molecule has 2 unspecified atom stereocenters. The molecule has 0 radical (unpaired) electrons. The summed E-state index contributed by atoms with van der Waals surface area (Å²) in [6.07, 6.45) is 4.68. The van der Waals surface area contributed by atoms with E-state index >= 15 is 0 Å². The van der Waals surface area contributed by atoms with Crippen LogP contribution in [0.15, 0.2) is 60.9 Å². The van der Waals surface area contributed by atoms with Crippen LogP contribution in [0.1, 0.15) is 71.6 Å². The van der Waals surface area contributed by atoms with E-state index in [-0.39, 0.29) is 36.2 Å². The van der Waals surface area contributed by atoms with Crippen molar-refractivity contribution in [3.63, 3.8) is 0 Å². The first kappa shape index (κ1) is 39.5. The van der Waals surface area contributed by atoms with E-state index in [1.54, 1.807) is 22.2 Å². The van der Waals surface area contributed by atoms with E-state index in [1.165, 1.54) is 14.2 Å². The van der Waals surface area contributed by atoms with Crippen molar-refractivity contribution in [3.05, 3.63) is 72.6 Å². The van der Waals surface area contributed by atoms with Crippen molar-refractivity contribution in [3.8, 4) is 33.6 Å². The summed E-state index contributed by atoms with van der Waals surface area (Å²) in [5.41, 5.74) is 5.72. The standard InChI is InChI=1S/C40H52N8O6/c1-8-19-47(37(49)34(24(2)3)45-39(51)53-6)23-33-41-21-30(43-33)28-15-11-26(12-16-28)27-13-17-29(18-14-27)31-22-42-36(44-31)32-10-9-20-48(32)38(50)35(25(4)5)46-40(52)54-7/h11-18,21-22,24-25,32,34-35H,8-10,19-20,23H2,1-7H3,(H,41,43)(H,42,44)(H,45,51)(H,46,52)/t32?,34?,35-/m0/s1. The molecule has 2 aromatic heterocycles. The number of alkyl carbamates (subject to hydrolysis) is 2. The van der Waals surface area contributed by atoms with Gasteiger partial charge in [-0.15, -0.1) is 0 Å². The van der Waals surface area contributed by atoms with Gasteiger partial charge in [0.15, 0.2) is 0 Å². The SMILES string of the molecule is CCCN(Cc1ncc(-c2ccc(-c3ccc(-c4cnc(C5CCCN5C(=O)[C@@H](NC(=O)OC)C(C)C)[nH]4)cc3)cc2)[nH]1)C(=O)C(NC(=O)OC)C(C)C. The van der Waals surface area contributed by atoms with Crippen LogP contribution in [0.4, 0.5) is 9.59 Å². The Morgan fingerprint density at radius 1 is 0.796 bits per heavy atom. The van der Waals surface area contributed by atoms with Crippen LogP contribution in [-0.4, -0.2) is 93.1 Å². The Balaban J connectivity index is 1.23. The van der Waals surface area contributed by atoms with Gasteiger partial charge in [-0.2, -0.15) is 0 Å². The number of aromatic nitrogens is 4. The second kappa shape index (κ2) is 17.9. The van der Waals surface area contributed by atoms with Crippen LogP contribution in [0.3, 0.4) is 0 Å². The van der Waals surface area contributed by atoms with Gasteiger partial charge >= 0.3 is 12.2 Å². The molecule has 1 fully saturated rings. The molecular weight excluding hydrogens is 688 g/mol. The number of hydrogen-bond donors (Lipinski definition) is 4. The Morgan fingerprint density at radius 2 is 1.31 bits per heavy atom. The van der Waals surface area contributed by atoms with Gasteiger partial charge in [0, 0.05) is 13.1 Å². The Labute approximate surface area is 316 Å². The monoisotopic (exact) mass is 740 g/mol. The molecular formula is C40H52N8O6. The molecule has 0 saturated carbocycles. The highest BCUT2D eigenvalue weighted by molar-refractivity contribution is 5.87. The average molecular weight is 741 g/mol. The highest BCUT2D eigenvalue weighted by Crippen LogP contribution is 2.33. The lowest BCUT2D eigenvalue weighted by molar-refractivity contribution is -0.136. The zero-order valence-corrected chi connectivity index (χ0v) is 32.1. The molecule has 54 heavy (non-hydrogen) atoms. The molecule has 0 bridgehead atoms. The third-order valence-electron chi connectivity index (χ3n) is 9.73. The minimum atomic E-state index is -0.709. The molecule has 14 nitrogen and oxygen atoms in total. The largest absolute Gasteiger partial charge is 0.453 e. The van der Waals surface area contributed by atoms with Gasteiger partial charge in [-0.05, 0) is 53.4 Å². The maximum atomic E-state index is 13.5. The molecule has 14 heteroatoms. The maximum Gasteiger partial charge on any atom is 0.407 e. The van der Waals surface area contributed by atoms with Gasteiger partial charge in [0.05, 0.1) is 50.6 Å². The zero-order valence-electron chi connectivity index (χ0n) is 32.1. The molecule has 4 amide bonds. The molecule has 4 N–H and O–H groups in total. The molecule has 5 rings (SSSR count). The highest BCUT2D eigenvalue weighted by atomic mass is 16.5. The quantitative estimate of drug-likeness (QED) is 0.117. The Hall–Kier alpha value is -5.66. The lowest BCUT2D eigenvalue weighted by Crippen LogP contribution is -2.51. The van der Waals surface area contributed by atoms with Crippen LogP contribution in [0.25, 0.3) is 33.6 Å². The van der Waals surface area contributed by atoms with Crippen LogP contribution in [-0.2, 0) is 25.6 Å². The van der Waals surface area contributed by atoms with Crippen LogP contribution in [0, 0.1) is 11.8 Å². The predicted molar refractivity (Wildman–Crippen MR) is 205 cm³/mol. The zero-order chi connectivity index (χ0) is 38.9. The molecule has 1 aliphatic heterocycles. The number of carbonyl (C=O) groups excluding carboxylic acids is 4. The fraction of sp³-hybridized carbons (Fsp3) is 0.450. The van der Waals surface area contributed by atoms with E-state index in [1.807, 2.05) is 58.9 Å². The third kappa shape index (κ3) is 9.28. The lowest BCUT2D eigenvalue weighted by Gasteiger charge is -2.30. The maximum absolute atomic E-state index is 13.5. The summed E-state index contributed by atoms with van der Waals surface area (Å²) in [6.45, 7) is 11.0. The van der Waals surface area contributed by atoms with E-state index in [2.05, 4.69) is 54.8 Å². The Morgan fingerprint density at radius 3 is 1.85 bits per heavy atom. The fourth-order valence-corrected chi connectivity index (χ4v) is 6.73. The van der Waals surface area contributed by atoms with Crippen LogP contribution in [0.5, 0.6) is 0 Å². The summed E-state index contributed by atoms with van der Waals surface area (Å²) in [7, 11) is 2.57. The number of rotatable bonds is 14. The number of amides is 4. The highest BCUT2D eigenvalue weighted by Gasteiger charge is 2.37. The molecule has 3 atom stereocenters. The summed E-state index contributed by atoms with van der Waals surface area (Å²) < 4.78 is 9.48. The van der Waals surface area contributed by atoms with E-state index in [9.17, 15) is 19.2 Å². The molecule has 0 spiro atoms. The van der Waals surface area contributed by atoms with Crippen molar-refractivity contribution in [1.29, 1.82) is 0 Å². The number of carbonyl (C=O) groups is 4. The number of aromatic amines is 2. The number of ether oxygens (including phenoxy) is 2. The van der Waals surface area contributed by atoms with Gasteiger partial charge in [0.2, 0.25) is 11.8 Å². The summed E-state index contributed by atoms with van der Waals surface area (Å²) >= 11 is 0. The van der Waals surface area contributed by atoms with Gasteiger partial charge in [0.1, 0.15) is 23.7 Å². The first-order valence-electron chi connectivity index (χ1n) is 18.5. The number of imidazole rings is 2. The van der Waals surface area contributed by atoms with Crippen molar-refractivity contribution >= 4 is 24.0 Å². The van der Waals surface area contributed by atoms with E-state index in [4.69, 9.17) is 9.47 Å². The topological polar surface area (TPSA) is 175 Å². The number of benzene rings is 2. The number of methoxy groups -OCH3 is 2. The van der Waals surface area contributed by atoms with E-state index in [0.717, 1.165) is 58.7 Å². The van der Waals surface area contributed by atoms with Crippen LogP contribution in [0.2, 0.25) is 0 Å². The van der Waals surface area contributed by atoms with Crippen LogP contribution >= 0.6 is 0 Å². The number of nitrogens with one attached hydrogen (secondary N) is 4. The van der Waals surface area contributed by atoms with Gasteiger partial charge in [-0.1, -0.05) is 83.1 Å². The summed E-state index contributed by atoms with van der Waals surface area (Å²) in [5, 5.41) is 5.36. The molecule has 2 aromatic carbocycles. The average Bonchev–Trinajstić information content (AvgIpc) is 3.97. The molecule has 1 saturated heterocycles. The minimum absolute atomic E-state index is 0.105. The molecule has 0 aliphatic carbocycles. The van der Waals surface area contributed by atoms with Gasteiger partial charge in [-0.3, -0.25) is 9.59 Å². The summed E-state index contributed by atoms with van der Waals surface area (Å²) in [4.78, 5) is 70.3. The normalized spacial score (nSPS) is 15.2. The molecule has 1 aliphatic rings. The van der Waals surface area contributed by atoms with Gasteiger partial charge < -0.3 is 39.9 Å². The molecule has 4 aromatic rings. The van der Waals surface area contributed by atoms with E-state index < -0.39 is 24.3 Å². The summed E-state index contributed by atoms with van der Waals surface area (Å²) in [5.74, 6) is 0.819. The lowest BCUT2D eigenvalue weighted by atomic mass is 10.0. The van der Waals surface area contributed by atoms with Crippen molar-refractivity contribution < 1.29 is 28.7 Å². The van der Waals surface area contributed by atoms with Gasteiger partial charge in [-0.25, -0.2) is 19.6 Å². The van der Waals surface area contributed by atoms with Crippen molar-refractivity contribution in [1.82, 2.24) is 40.4 Å². The minimum Gasteiger partial charge on any atom is -0.453 e. The number of nitrogens with zero attached hydrogens (tertiary/aromatic N) is 4. The van der Waals surface area contributed by atoms with E-state index in [0.29, 0.717) is 18.9 Å². The Kier molecular flexibility index (Phi) is 13.1. The predicted octanol–water partition coefficient (Wildman–Crippen LogP) is 6.30. The second-order valence-electron chi connectivity index (χ2n) is 14.2. The van der Waals surface area contributed by atoms with Crippen molar-refractivity contribution in [2.45, 2.75) is 78.6 Å². The number of likely N-dealkylation sites (tertiary alicyclic amines) is 1. The first-order valence-corrected chi connectivity index (χ1v) is 18.5. The molecule has 288 valence electrons. The smallest absolute Gasteiger partial charge is 0.407 e. The fourth-order valence-electron chi connectivity index (χ4n) is 6.73.